The van der Waals surface area contributed by atoms with Crippen LogP contribution in [-0.4, -0.2) is 24.0 Å². The topological polar surface area (TPSA) is 35.5 Å². The minimum atomic E-state index is -0.345. The summed E-state index contributed by atoms with van der Waals surface area (Å²) >= 11 is 1.51. The summed E-state index contributed by atoms with van der Waals surface area (Å²) in [5, 5.41) is 0. The molecule has 1 heterocycles. The van der Waals surface area contributed by atoms with Gasteiger partial charge < -0.3 is 9.47 Å². The number of hydrogen-bond donors (Lipinski definition) is 0. The first kappa shape index (κ1) is 6.89. The smallest absolute Gasteiger partial charge is 0.305 e. The molecule has 1 rings (SSSR count). The van der Waals surface area contributed by atoms with Crippen molar-refractivity contribution in [3.8, 4) is 0 Å². The third kappa shape index (κ3) is 2.24. The number of ether oxygens (including phenoxy) is 2. The van der Waals surface area contributed by atoms with E-state index in [4.69, 9.17) is 9.47 Å². The lowest BCUT2D eigenvalue weighted by Crippen LogP contribution is -2.10. The summed E-state index contributed by atoms with van der Waals surface area (Å²) in [6.45, 7) is 2.06. The first-order valence-corrected chi connectivity index (χ1v) is 3.74. The molecule has 1 aliphatic rings. The van der Waals surface area contributed by atoms with Gasteiger partial charge in [-0.3, -0.25) is 4.79 Å². The maximum atomic E-state index is 10.3. The zero-order chi connectivity index (χ0) is 6.69. The summed E-state index contributed by atoms with van der Waals surface area (Å²) in [5.41, 5.74) is -0.345. The second-order valence-electron chi connectivity index (χ2n) is 1.64. The molecule has 4 heteroatoms. The lowest BCUT2D eigenvalue weighted by Gasteiger charge is -2.06. The van der Waals surface area contributed by atoms with Crippen molar-refractivity contribution in [1.29, 1.82) is 0 Å². The van der Waals surface area contributed by atoms with Crippen molar-refractivity contribution < 1.29 is 14.3 Å². The largest absolute Gasteiger partial charge is 0.426 e. The van der Waals surface area contributed by atoms with Crippen LogP contribution in [0.15, 0.2) is 0 Å². The van der Waals surface area contributed by atoms with E-state index in [0.717, 1.165) is 5.75 Å². The van der Waals surface area contributed by atoms with Crippen molar-refractivity contribution in [3.63, 3.8) is 0 Å². The molecule has 1 saturated heterocycles. The molecule has 0 aromatic rings. The van der Waals surface area contributed by atoms with Gasteiger partial charge in [0.25, 0.3) is 5.62 Å². The lowest BCUT2D eigenvalue weighted by molar-refractivity contribution is -0.156. The summed E-state index contributed by atoms with van der Waals surface area (Å²) in [7, 11) is 0. The number of carbonyl (C=O) groups excluding carboxylic acids is 1. The fraction of sp³-hybridized carbons (Fsp3) is 0.800. The van der Waals surface area contributed by atoms with Crippen LogP contribution >= 0.6 is 11.8 Å². The molecule has 9 heavy (non-hydrogen) atoms. The molecule has 0 N–H and O–H groups in total. The van der Waals surface area contributed by atoms with Crippen molar-refractivity contribution in [1.82, 2.24) is 0 Å². The van der Waals surface area contributed by atoms with E-state index in [2.05, 4.69) is 0 Å². The highest BCUT2D eigenvalue weighted by Crippen LogP contribution is 2.20. The van der Waals surface area contributed by atoms with E-state index in [1.165, 1.54) is 18.7 Å². The van der Waals surface area contributed by atoms with Crippen LogP contribution in [0.1, 0.15) is 6.92 Å². The Balaban J connectivity index is 2.19. The highest BCUT2D eigenvalue weighted by atomic mass is 32.2. The Bertz CT molecular complexity index is 109. The highest BCUT2D eigenvalue weighted by molar-refractivity contribution is 7.99. The Morgan fingerprint density at radius 3 is 3.11 bits per heavy atom. The molecule has 52 valence electrons. The fourth-order valence-corrected chi connectivity index (χ4v) is 1.32. The summed E-state index contributed by atoms with van der Waals surface area (Å²) in [6, 6.07) is 0. The van der Waals surface area contributed by atoms with E-state index in [-0.39, 0.29) is 11.6 Å². The number of carbonyl (C=O) groups is 1. The van der Waals surface area contributed by atoms with Gasteiger partial charge in [0.05, 0.1) is 6.61 Å². The third-order valence-corrected chi connectivity index (χ3v) is 1.76. The van der Waals surface area contributed by atoms with Crippen LogP contribution < -0.4 is 0 Å². The lowest BCUT2D eigenvalue weighted by atomic mass is 10.8. The molecule has 0 aliphatic carbocycles. The first-order chi connectivity index (χ1) is 4.29. The van der Waals surface area contributed by atoms with Crippen molar-refractivity contribution in [2.24, 2.45) is 0 Å². The Morgan fingerprint density at radius 1 is 1.89 bits per heavy atom. The first-order valence-electron chi connectivity index (χ1n) is 2.69. The molecule has 1 fully saturated rings. The van der Waals surface area contributed by atoms with Gasteiger partial charge in [-0.15, -0.1) is 0 Å². The molecular weight excluding hydrogens is 140 g/mol. The third-order valence-electron chi connectivity index (χ3n) is 0.853. The number of hydrogen-bond acceptors (Lipinski definition) is 4. The minimum absolute atomic E-state index is 0.283. The molecule has 1 atom stereocenters. The van der Waals surface area contributed by atoms with Crippen molar-refractivity contribution in [2.45, 2.75) is 12.5 Å². The molecule has 0 aromatic heterocycles. The quantitative estimate of drug-likeness (QED) is 0.510. The molecule has 0 amide bonds. The van der Waals surface area contributed by atoms with Crippen LogP contribution in [0.4, 0.5) is 0 Å². The van der Waals surface area contributed by atoms with Crippen LogP contribution in [0.25, 0.3) is 0 Å². The van der Waals surface area contributed by atoms with E-state index in [0.29, 0.717) is 6.61 Å². The summed E-state index contributed by atoms with van der Waals surface area (Å²) in [5.74, 6) is 0.632. The van der Waals surface area contributed by atoms with Gasteiger partial charge in [0.2, 0.25) is 0 Å². The van der Waals surface area contributed by atoms with Crippen LogP contribution in [0.5, 0.6) is 0 Å². The van der Waals surface area contributed by atoms with E-state index in [1.54, 1.807) is 0 Å². The monoisotopic (exact) mass is 148 g/mol. The molecule has 0 aromatic carbocycles. The Kier molecular flexibility index (Phi) is 2.36. The Morgan fingerprint density at radius 2 is 2.67 bits per heavy atom. The summed E-state index contributed by atoms with van der Waals surface area (Å²) in [6.07, 6.45) is 0. The Labute approximate surface area is 57.7 Å². The zero-order valence-electron chi connectivity index (χ0n) is 5.12. The van der Waals surface area contributed by atoms with Gasteiger partial charge in [-0.2, -0.15) is 0 Å². The predicted molar refractivity (Wildman–Crippen MR) is 34.0 cm³/mol. The van der Waals surface area contributed by atoms with Crippen LogP contribution in [0, 0.1) is 0 Å². The van der Waals surface area contributed by atoms with Gasteiger partial charge >= 0.3 is 5.97 Å². The van der Waals surface area contributed by atoms with Gasteiger partial charge in [-0.05, 0) is 0 Å². The second-order valence-corrected chi connectivity index (χ2v) is 2.77. The molecule has 3 nitrogen and oxygen atoms in total. The molecule has 0 saturated carbocycles. The molecule has 1 aliphatic heterocycles. The van der Waals surface area contributed by atoms with Gasteiger partial charge in [-0.1, -0.05) is 11.8 Å². The predicted octanol–water partition coefficient (Wildman–Crippen LogP) is 0.596. The van der Waals surface area contributed by atoms with E-state index < -0.39 is 0 Å². The van der Waals surface area contributed by atoms with Crippen molar-refractivity contribution in [2.75, 3.05) is 12.4 Å². The minimum Gasteiger partial charge on any atom is -0.426 e. The van der Waals surface area contributed by atoms with Gasteiger partial charge in [0.15, 0.2) is 0 Å². The molecular formula is C5H8O3S. The normalized spacial score (nSPS) is 26.1. The molecule has 0 bridgehead atoms. The van der Waals surface area contributed by atoms with E-state index in [1.807, 2.05) is 0 Å². The number of rotatable bonds is 1. The fourth-order valence-electron chi connectivity index (χ4n) is 0.540. The van der Waals surface area contributed by atoms with E-state index in [9.17, 15) is 4.79 Å². The number of esters is 1. The highest BCUT2D eigenvalue weighted by Gasteiger charge is 2.17. The standard InChI is InChI=1S/C5H8O3S/c1-4(6)8-5-7-2-3-9-5/h5H,2-3H2,1H3. The second kappa shape index (κ2) is 3.08. The molecule has 0 spiro atoms. The van der Waals surface area contributed by atoms with Gasteiger partial charge in [0.1, 0.15) is 0 Å². The zero-order valence-corrected chi connectivity index (χ0v) is 5.94. The maximum Gasteiger partial charge on any atom is 0.305 e. The SMILES string of the molecule is CC(=O)OC1OCCS1. The Hall–Kier alpha value is -0.220. The summed E-state index contributed by atoms with van der Waals surface area (Å²) in [4.78, 5) is 10.3. The van der Waals surface area contributed by atoms with Crippen LogP contribution in [-0.2, 0) is 14.3 Å². The van der Waals surface area contributed by atoms with Gasteiger partial charge in [0, 0.05) is 12.7 Å². The van der Waals surface area contributed by atoms with Crippen LogP contribution in [0.2, 0.25) is 0 Å². The molecule has 0 radical (unpaired) electrons. The number of thioether (sulfide) groups is 1. The van der Waals surface area contributed by atoms with Gasteiger partial charge in [-0.25, -0.2) is 0 Å². The summed E-state index contributed by atoms with van der Waals surface area (Å²) < 4.78 is 9.70. The average Bonchev–Trinajstić information content (AvgIpc) is 2.15. The van der Waals surface area contributed by atoms with Crippen molar-refractivity contribution in [3.05, 3.63) is 0 Å². The average molecular weight is 148 g/mol. The maximum absolute atomic E-state index is 10.3. The molecule has 1 unspecified atom stereocenters. The van der Waals surface area contributed by atoms with E-state index >= 15 is 0 Å². The van der Waals surface area contributed by atoms with Crippen molar-refractivity contribution >= 4 is 17.7 Å². The van der Waals surface area contributed by atoms with Crippen LogP contribution in [0.3, 0.4) is 0 Å².